The van der Waals surface area contributed by atoms with E-state index in [1.54, 1.807) is 0 Å². The molecule has 0 aliphatic heterocycles. The summed E-state index contributed by atoms with van der Waals surface area (Å²) < 4.78 is 0. The van der Waals surface area contributed by atoms with E-state index in [1.807, 2.05) is 0 Å². The predicted molar refractivity (Wildman–Crippen MR) is 60.0 cm³/mol. The third kappa shape index (κ3) is 1.96. The molecule has 2 saturated carbocycles. The molecular weight excluding hydrogens is 172 g/mol. The van der Waals surface area contributed by atoms with Crippen molar-refractivity contribution in [2.75, 3.05) is 13.1 Å². The minimum atomic E-state index is 0.524. The van der Waals surface area contributed by atoms with Crippen LogP contribution in [0.2, 0.25) is 0 Å². The summed E-state index contributed by atoms with van der Waals surface area (Å²) in [5.74, 6) is 3.82. The van der Waals surface area contributed by atoms with E-state index in [9.17, 15) is 0 Å². The molecule has 2 nitrogen and oxygen atoms in total. The smallest absolute Gasteiger partial charge is 0.0213 e. The maximum atomic E-state index is 5.73. The van der Waals surface area contributed by atoms with E-state index in [2.05, 4.69) is 19.2 Å². The third-order valence-corrected chi connectivity index (χ3v) is 4.26. The molecule has 2 fully saturated rings. The Morgan fingerprint density at radius 1 is 1.29 bits per heavy atom. The van der Waals surface area contributed by atoms with Gasteiger partial charge in [-0.05, 0) is 43.1 Å². The second kappa shape index (κ2) is 4.19. The summed E-state index contributed by atoms with van der Waals surface area (Å²) in [5, 5.41) is 3.63. The summed E-state index contributed by atoms with van der Waals surface area (Å²) >= 11 is 0. The minimum Gasteiger partial charge on any atom is -0.329 e. The van der Waals surface area contributed by atoms with Crippen LogP contribution in [0.4, 0.5) is 0 Å². The van der Waals surface area contributed by atoms with Crippen LogP contribution in [0.25, 0.3) is 0 Å². The Bertz CT molecular complexity index is 181. The molecule has 14 heavy (non-hydrogen) atoms. The molecule has 82 valence electrons. The fourth-order valence-corrected chi connectivity index (χ4v) is 3.15. The molecule has 2 rings (SSSR count). The van der Waals surface area contributed by atoms with Gasteiger partial charge in [-0.25, -0.2) is 0 Å². The molecule has 2 aliphatic carbocycles. The van der Waals surface area contributed by atoms with E-state index in [0.717, 1.165) is 24.3 Å². The topological polar surface area (TPSA) is 38.0 Å². The number of rotatable bonds is 5. The first-order chi connectivity index (χ1) is 6.74. The lowest BCUT2D eigenvalue weighted by Crippen LogP contribution is -2.41. The summed E-state index contributed by atoms with van der Waals surface area (Å²) in [6, 6.07) is 0.524. The molecule has 3 atom stereocenters. The van der Waals surface area contributed by atoms with Crippen LogP contribution < -0.4 is 11.1 Å². The summed E-state index contributed by atoms with van der Waals surface area (Å²) in [6.07, 6.45) is 4.47. The van der Waals surface area contributed by atoms with Crippen LogP contribution in [0.3, 0.4) is 0 Å². The fourth-order valence-electron chi connectivity index (χ4n) is 3.15. The zero-order valence-electron chi connectivity index (χ0n) is 9.50. The lowest BCUT2D eigenvalue weighted by atomic mass is 10.0. The van der Waals surface area contributed by atoms with Crippen LogP contribution in [0, 0.1) is 23.7 Å². The Kier molecular flexibility index (Phi) is 3.13. The van der Waals surface area contributed by atoms with Crippen LogP contribution in [0.15, 0.2) is 0 Å². The van der Waals surface area contributed by atoms with Gasteiger partial charge in [0.1, 0.15) is 0 Å². The van der Waals surface area contributed by atoms with E-state index in [4.69, 9.17) is 5.73 Å². The lowest BCUT2D eigenvalue weighted by molar-refractivity contribution is 0.386. The molecule has 0 amide bonds. The van der Waals surface area contributed by atoms with Gasteiger partial charge in [-0.15, -0.1) is 0 Å². The highest BCUT2D eigenvalue weighted by Gasteiger charge is 2.51. The molecule has 2 aliphatic rings. The Labute approximate surface area is 87.6 Å². The largest absolute Gasteiger partial charge is 0.329 e. The molecule has 3 unspecified atom stereocenters. The lowest BCUT2D eigenvalue weighted by Gasteiger charge is -2.21. The van der Waals surface area contributed by atoms with Crippen molar-refractivity contribution in [1.29, 1.82) is 0 Å². The van der Waals surface area contributed by atoms with Gasteiger partial charge in [0.15, 0.2) is 0 Å². The average molecular weight is 196 g/mol. The molecule has 0 aromatic carbocycles. The monoisotopic (exact) mass is 196 g/mol. The van der Waals surface area contributed by atoms with E-state index >= 15 is 0 Å². The number of hydrogen-bond donors (Lipinski definition) is 2. The minimum absolute atomic E-state index is 0.524. The molecule has 2 heteroatoms. The molecule has 0 saturated heterocycles. The average Bonchev–Trinajstić information content (AvgIpc) is 2.61. The first kappa shape index (κ1) is 10.4. The first-order valence-electron chi connectivity index (χ1n) is 6.17. The molecule has 0 spiro atoms. The van der Waals surface area contributed by atoms with E-state index in [1.165, 1.54) is 25.8 Å². The summed E-state index contributed by atoms with van der Waals surface area (Å²) in [5.41, 5.74) is 5.73. The van der Waals surface area contributed by atoms with Crippen LogP contribution in [-0.2, 0) is 0 Å². The molecular formula is C12H24N2. The Balaban J connectivity index is 1.67. The highest BCUT2D eigenvalue weighted by Crippen LogP contribution is 2.57. The van der Waals surface area contributed by atoms with Crippen molar-refractivity contribution >= 4 is 0 Å². The van der Waals surface area contributed by atoms with Crippen molar-refractivity contribution in [2.45, 2.75) is 39.2 Å². The highest BCUT2D eigenvalue weighted by atomic mass is 15.0. The van der Waals surface area contributed by atoms with E-state index < -0.39 is 0 Å². The second-order valence-corrected chi connectivity index (χ2v) is 5.42. The SMILES string of the molecule is CC(C)C(CN)NCC1C2CCCC21. The zero-order chi connectivity index (χ0) is 10.1. The maximum absolute atomic E-state index is 5.73. The van der Waals surface area contributed by atoms with Crippen molar-refractivity contribution in [1.82, 2.24) is 5.32 Å². The van der Waals surface area contributed by atoms with Gasteiger partial charge < -0.3 is 11.1 Å². The Morgan fingerprint density at radius 3 is 2.43 bits per heavy atom. The van der Waals surface area contributed by atoms with Gasteiger partial charge >= 0.3 is 0 Å². The van der Waals surface area contributed by atoms with Gasteiger partial charge in [0, 0.05) is 12.6 Å². The quantitative estimate of drug-likeness (QED) is 0.701. The summed E-state index contributed by atoms with van der Waals surface area (Å²) in [7, 11) is 0. The number of nitrogens with two attached hydrogens (primary N) is 1. The fraction of sp³-hybridized carbons (Fsp3) is 1.00. The molecule has 0 bridgehead atoms. The molecule has 0 aromatic rings. The summed E-state index contributed by atoms with van der Waals surface area (Å²) in [4.78, 5) is 0. The van der Waals surface area contributed by atoms with Crippen LogP contribution in [0.1, 0.15) is 33.1 Å². The van der Waals surface area contributed by atoms with Crippen LogP contribution in [0.5, 0.6) is 0 Å². The van der Waals surface area contributed by atoms with Crippen molar-refractivity contribution in [2.24, 2.45) is 29.4 Å². The van der Waals surface area contributed by atoms with Crippen molar-refractivity contribution in [3.05, 3.63) is 0 Å². The van der Waals surface area contributed by atoms with Gasteiger partial charge in [0.2, 0.25) is 0 Å². The normalized spacial score (nSPS) is 37.3. The maximum Gasteiger partial charge on any atom is 0.0213 e. The predicted octanol–water partition coefficient (Wildman–Crippen LogP) is 1.61. The van der Waals surface area contributed by atoms with Gasteiger partial charge in [-0.2, -0.15) is 0 Å². The zero-order valence-corrected chi connectivity index (χ0v) is 9.50. The molecule has 0 heterocycles. The Hall–Kier alpha value is -0.0800. The standard InChI is InChI=1S/C12H24N2/c1-8(2)12(6-13)14-7-11-9-4-3-5-10(9)11/h8-12,14H,3-7,13H2,1-2H3. The Morgan fingerprint density at radius 2 is 1.93 bits per heavy atom. The van der Waals surface area contributed by atoms with E-state index in [0.29, 0.717) is 12.0 Å². The van der Waals surface area contributed by atoms with E-state index in [-0.39, 0.29) is 0 Å². The van der Waals surface area contributed by atoms with Crippen molar-refractivity contribution in [3.8, 4) is 0 Å². The number of hydrogen-bond acceptors (Lipinski definition) is 2. The first-order valence-corrected chi connectivity index (χ1v) is 6.17. The van der Waals surface area contributed by atoms with Crippen LogP contribution >= 0.6 is 0 Å². The van der Waals surface area contributed by atoms with Gasteiger partial charge in [0.25, 0.3) is 0 Å². The van der Waals surface area contributed by atoms with Gasteiger partial charge in [0.05, 0.1) is 0 Å². The summed E-state index contributed by atoms with van der Waals surface area (Å²) in [6.45, 7) is 6.49. The molecule has 0 radical (unpaired) electrons. The van der Waals surface area contributed by atoms with Gasteiger partial charge in [-0.1, -0.05) is 20.3 Å². The van der Waals surface area contributed by atoms with Gasteiger partial charge in [-0.3, -0.25) is 0 Å². The molecule has 0 aromatic heterocycles. The third-order valence-electron chi connectivity index (χ3n) is 4.26. The van der Waals surface area contributed by atoms with Crippen molar-refractivity contribution in [3.63, 3.8) is 0 Å². The molecule has 3 N–H and O–H groups in total. The number of nitrogens with one attached hydrogen (secondary N) is 1. The van der Waals surface area contributed by atoms with Crippen LogP contribution in [-0.4, -0.2) is 19.1 Å². The highest BCUT2D eigenvalue weighted by molar-refractivity contribution is 5.02. The number of fused-ring (bicyclic) bond motifs is 1. The van der Waals surface area contributed by atoms with Crippen molar-refractivity contribution < 1.29 is 0 Å². The second-order valence-electron chi connectivity index (χ2n) is 5.42.